The quantitative estimate of drug-likeness (QED) is 0.626. The van der Waals surface area contributed by atoms with Crippen LogP contribution in [0.25, 0.3) is 0 Å². The van der Waals surface area contributed by atoms with Gasteiger partial charge in [-0.3, -0.25) is 0 Å². The summed E-state index contributed by atoms with van der Waals surface area (Å²) in [6, 6.07) is 0.828. The molecule has 0 radical (unpaired) electrons. The van der Waals surface area contributed by atoms with Crippen LogP contribution in [0.4, 0.5) is 0 Å². The Morgan fingerprint density at radius 1 is 1.42 bits per heavy atom. The zero-order valence-electron chi connectivity index (χ0n) is 8.56. The highest BCUT2D eigenvalue weighted by molar-refractivity contribution is 4.89. The topological polar surface area (TPSA) is 24.1 Å². The smallest absolute Gasteiger partial charge is 0.00965 e. The van der Waals surface area contributed by atoms with Gasteiger partial charge >= 0.3 is 0 Å². The Hall–Kier alpha value is -0.0800. The Balaban J connectivity index is 1.91. The molecule has 3 unspecified atom stereocenters. The molecule has 0 aromatic carbocycles. The van der Waals surface area contributed by atoms with Gasteiger partial charge in [-0.1, -0.05) is 20.8 Å². The highest BCUT2D eigenvalue weighted by atomic mass is 15.0. The third-order valence-corrected chi connectivity index (χ3v) is 2.58. The Kier molecular flexibility index (Phi) is 4.02. The van der Waals surface area contributed by atoms with E-state index >= 15 is 0 Å². The number of rotatable bonds is 6. The van der Waals surface area contributed by atoms with Crippen molar-refractivity contribution in [1.29, 1.82) is 0 Å². The average molecular weight is 170 g/mol. The normalized spacial score (nSPS) is 30.2. The van der Waals surface area contributed by atoms with Gasteiger partial charge in [0.15, 0.2) is 0 Å². The number of hydrogen-bond acceptors (Lipinski definition) is 2. The SMILES string of the molecule is CCNCC(C)CNC1CC1C. The fraction of sp³-hybridized carbons (Fsp3) is 1.00. The first-order valence-electron chi connectivity index (χ1n) is 5.18. The standard InChI is InChI=1S/C10H22N2/c1-4-11-6-8(2)7-12-10-5-9(10)3/h8-12H,4-7H2,1-3H3. The van der Waals surface area contributed by atoms with E-state index in [-0.39, 0.29) is 0 Å². The van der Waals surface area contributed by atoms with Crippen LogP contribution in [0, 0.1) is 11.8 Å². The van der Waals surface area contributed by atoms with Crippen LogP contribution in [-0.4, -0.2) is 25.7 Å². The monoisotopic (exact) mass is 170 g/mol. The lowest BCUT2D eigenvalue weighted by Crippen LogP contribution is -2.31. The summed E-state index contributed by atoms with van der Waals surface area (Å²) >= 11 is 0. The molecule has 3 atom stereocenters. The van der Waals surface area contributed by atoms with E-state index < -0.39 is 0 Å². The van der Waals surface area contributed by atoms with Gasteiger partial charge in [0.1, 0.15) is 0 Å². The van der Waals surface area contributed by atoms with E-state index in [1.807, 2.05) is 0 Å². The fourth-order valence-corrected chi connectivity index (χ4v) is 1.42. The third-order valence-electron chi connectivity index (χ3n) is 2.58. The van der Waals surface area contributed by atoms with Crippen LogP contribution in [0.15, 0.2) is 0 Å². The van der Waals surface area contributed by atoms with Crippen molar-refractivity contribution < 1.29 is 0 Å². The van der Waals surface area contributed by atoms with Gasteiger partial charge in [0, 0.05) is 6.04 Å². The zero-order chi connectivity index (χ0) is 8.97. The van der Waals surface area contributed by atoms with Gasteiger partial charge in [-0.05, 0) is 37.9 Å². The first-order valence-corrected chi connectivity index (χ1v) is 5.18. The summed E-state index contributed by atoms with van der Waals surface area (Å²) in [4.78, 5) is 0. The van der Waals surface area contributed by atoms with Crippen LogP contribution in [0.2, 0.25) is 0 Å². The van der Waals surface area contributed by atoms with Crippen LogP contribution in [0.1, 0.15) is 27.2 Å². The van der Waals surface area contributed by atoms with Crippen molar-refractivity contribution in [3.63, 3.8) is 0 Å². The fourth-order valence-electron chi connectivity index (χ4n) is 1.42. The molecular weight excluding hydrogens is 148 g/mol. The van der Waals surface area contributed by atoms with Crippen molar-refractivity contribution in [3.05, 3.63) is 0 Å². The van der Waals surface area contributed by atoms with Crippen LogP contribution >= 0.6 is 0 Å². The van der Waals surface area contributed by atoms with Crippen LogP contribution in [0.5, 0.6) is 0 Å². The van der Waals surface area contributed by atoms with E-state index in [0.29, 0.717) is 0 Å². The Bertz CT molecular complexity index is 125. The highest BCUT2D eigenvalue weighted by Crippen LogP contribution is 2.28. The van der Waals surface area contributed by atoms with Crippen molar-refractivity contribution in [2.24, 2.45) is 11.8 Å². The molecular formula is C10H22N2. The van der Waals surface area contributed by atoms with Gasteiger partial charge < -0.3 is 10.6 Å². The molecule has 12 heavy (non-hydrogen) atoms. The molecule has 1 fully saturated rings. The molecule has 0 aromatic heterocycles. The predicted octanol–water partition coefficient (Wildman–Crippen LogP) is 1.23. The molecule has 0 heterocycles. The van der Waals surface area contributed by atoms with E-state index in [1.165, 1.54) is 13.0 Å². The molecule has 0 bridgehead atoms. The molecule has 0 saturated heterocycles. The molecule has 0 spiro atoms. The lowest BCUT2D eigenvalue weighted by atomic mass is 10.2. The second-order valence-electron chi connectivity index (χ2n) is 4.14. The molecule has 2 N–H and O–H groups in total. The Labute approximate surface area is 76.1 Å². The second kappa shape index (κ2) is 4.83. The summed E-state index contributed by atoms with van der Waals surface area (Å²) in [5.74, 6) is 1.69. The summed E-state index contributed by atoms with van der Waals surface area (Å²) in [5.41, 5.74) is 0. The number of nitrogens with one attached hydrogen (secondary N) is 2. The lowest BCUT2D eigenvalue weighted by Gasteiger charge is -2.12. The summed E-state index contributed by atoms with van der Waals surface area (Å²) < 4.78 is 0. The first-order chi connectivity index (χ1) is 5.74. The zero-order valence-corrected chi connectivity index (χ0v) is 8.56. The third kappa shape index (κ3) is 3.55. The van der Waals surface area contributed by atoms with Crippen LogP contribution < -0.4 is 10.6 Å². The Morgan fingerprint density at radius 3 is 2.58 bits per heavy atom. The van der Waals surface area contributed by atoms with E-state index in [9.17, 15) is 0 Å². The first kappa shape index (κ1) is 10.0. The number of hydrogen-bond donors (Lipinski definition) is 2. The van der Waals surface area contributed by atoms with Gasteiger partial charge in [0.25, 0.3) is 0 Å². The summed E-state index contributed by atoms with van der Waals surface area (Å²) in [6.07, 6.45) is 1.38. The molecule has 0 aromatic rings. The van der Waals surface area contributed by atoms with E-state index in [4.69, 9.17) is 0 Å². The van der Waals surface area contributed by atoms with Gasteiger partial charge in [0.05, 0.1) is 0 Å². The van der Waals surface area contributed by atoms with Crippen LogP contribution in [0.3, 0.4) is 0 Å². The molecule has 1 rings (SSSR count). The van der Waals surface area contributed by atoms with Crippen molar-refractivity contribution in [2.75, 3.05) is 19.6 Å². The molecule has 0 aliphatic heterocycles. The average Bonchev–Trinajstić information content (AvgIpc) is 2.75. The van der Waals surface area contributed by atoms with Crippen molar-refractivity contribution in [1.82, 2.24) is 10.6 Å². The minimum Gasteiger partial charge on any atom is -0.317 e. The molecule has 1 saturated carbocycles. The highest BCUT2D eigenvalue weighted by Gasteiger charge is 2.31. The van der Waals surface area contributed by atoms with Gasteiger partial charge in [-0.25, -0.2) is 0 Å². The molecule has 0 amide bonds. The lowest BCUT2D eigenvalue weighted by molar-refractivity contribution is 0.472. The molecule has 2 heteroatoms. The van der Waals surface area contributed by atoms with E-state index in [0.717, 1.165) is 31.0 Å². The summed E-state index contributed by atoms with van der Waals surface area (Å²) in [6.45, 7) is 10.2. The van der Waals surface area contributed by atoms with Gasteiger partial charge in [-0.2, -0.15) is 0 Å². The minimum atomic E-state index is 0.762. The minimum absolute atomic E-state index is 0.762. The molecule has 2 nitrogen and oxygen atoms in total. The Morgan fingerprint density at radius 2 is 2.08 bits per heavy atom. The largest absolute Gasteiger partial charge is 0.317 e. The van der Waals surface area contributed by atoms with E-state index in [1.54, 1.807) is 0 Å². The maximum Gasteiger partial charge on any atom is 0.00965 e. The predicted molar refractivity (Wildman–Crippen MR) is 53.3 cm³/mol. The van der Waals surface area contributed by atoms with Crippen molar-refractivity contribution in [3.8, 4) is 0 Å². The maximum absolute atomic E-state index is 3.58. The van der Waals surface area contributed by atoms with Gasteiger partial charge in [-0.15, -0.1) is 0 Å². The molecule has 1 aliphatic carbocycles. The van der Waals surface area contributed by atoms with Crippen molar-refractivity contribution >= 4 is 0 Å². The van der Waals surface area contributed by atoms with E-state index in [2.05, 4.69) is 31.4 Å². The van der Waals surface area contributed by atoms with Gasteiger partial charge in [0.2, 0.25) is 0 Å². The van der Waals surface area contributed by atoms with Crippen LogP contribution in [-0.2, 0) is 0 Å². The van der Waals surface area contributed by atoms with Crippen molar-refractivity contribution in [2.45, 2.75) is 33.2 Å². The second-order valence-corrected chi connectivity index (χ2v) is 4.14. The molecule has 72 valence electrons. The summed E-state index contributed by atoms with van der Waals surface area (Å²) in [5, 5.41) is 6.94. The summed E-state index contributed by atoms with van der Waals surface area (Å²) in [7, 11) is 0. The maximum atomic E-state index is 3.58. The molecule has 1 aliphatic rings.